The number of hydrogen-bond donors (Lipinski definition) is 1. The van der Waals surface area contributed by atoms with Crippen molar-refractivity contribution < 1.29 is 35.9 Å². The van der Waals surface area contributed by atoms with E-state index >= 15 is 0 Å². The van der Waals surface area contributed by atoms with E-state index in [1.165, 1.54) is 24.3 Å². The van der Waals surface area contributed by atoms with E-state index in [1.54, 1.807) is 0 Å². The van der Waals surface area contributed by atoms with Gasteiger partial charge >= 0.3 is 12.4 Å². The van der Waals surface area contributed by atoms with Gasteiger partial charge in [-0.05, 0) is 53.6 Å². The van der Waals surface area contributed by atoms with E-state index in [2.05, 4.69) is 9.97 Å². The molecule has 2 aromatic carbocycles. The Balaban J connectivity index is 1.78. The van der Waals surface area contributed by atoms with Gasteiger partial charge in [0.2, 0.25) is 0 Å². The van der Waals surface area contributed by atoms with Gasteiger partial charge in [0.05, 0.1) is 11.1 Å². The van der Waals surface area contributed by atoms with Gasteiger partial charge in [0.25, 0.3) is 0 Å². The van der Waals surface area contributed by atoms with Crippen molar-refractivity contribution in [3.05, 3.63) is 82.4 Å². The summed E-state index contributed by atoms with van der Waals surface area (Å²) in [5.74, 6) is -0.491. The number of halogens is 6. The molecule has 0 fully saturated rings. The van der Waals surface area contributed by atoms with Crippen LogP contribution in [0.4, 0.5) is 26.3 Å². The van der Waals surface area contributed by atoms with E-state index in [1.807, 2.05) is 6.92 Å². The van der Waals surface area contributed by atoms with Crippen molar-refractivity contribution in [1.82, 2.24) is 9.97 Å². The van der Waals surface area contributed by atoms with Crippen LogP contribution in [0.25, 0.3) is 0 Å². The van der Waals surface area contributed by atoms with Crippen LogP contribution in [0.15, 0.2) is 58.6 Å². The summed E-state index contributed by atoms with van der Waals surface area (Å²) in [7, 11) is 0. The lowest BCUT2D eigenvalue weighted by Crippen LogP contribution is -2.13. The summed E-state index contributed by atoms with van der Waals surface area (Å²) in [6.07, 6.45) is -8.40. The molecule has 0 saturated carbocycles. The fraction of sp³-hybridized carbons (Fsp3) is 0.333. The molecule has 1 heterocycles. The minimum absolute atomic E-state index is 0.00487. The van der Waals surface area contributed by atoms with Gasteiger partial charge in [-0.2, -0.15) is 26.3 Å². The van der Waals surface area contributed by atoms with Crippen LogP contribution >= 0.6 is 23.5 Å². The first-order valence-electron chi connectivity index (χ1n) is 12.1. The Morgan fingerprint density at radius 1 is 0.750 bits per heavy atom. The number of thioether (sulfide) groups is 2. The summed E-state index contributed by atoms with van der Waals surface area (Å²) >= 11 is 2.04. The maximum atomic E-state index is 13.6. The molecule has 0 bridgehead atoms. The van der Waals surface area contributed by atoms with Crippen LogP contribution in [-0.4, -0.2) is 39.6 Å². The van der Waals surface area contributed by atoms with E-state index < -0.39 is 47.9 Å². The topological polar surface area (TPSA) is 85.9 Å². The summed E-state index contributed by atoms with van der Waals surface area (Å²) in [5.41, 5.74) is 3.50. The number of aromatic nitrogens is 2. The first-order chi connectivity index (χ1) is 18.8. The Hall–Kier alpha value is -2.90. The Morgan fingerprint density at radius 3 is 1.60 bits per heavy atom. The fourth-order valence-electron chi connectivity index (χ4n) is 3.66. The number of rotatable bonds is 12. The largest absolute Gasteiger partial charge is 0.417 e. The van der Waals surface area contributed by atoms with Gasteiger partial charge in [0, 0.05) is 34.9 Å². The van der Waals surface area contributed by atoms with Gasteiger partial charge in [-0.3, -0.25) is 9.59 Å². The first-order valence-corrected chi connectivity index (χ1v) is 14.0. The molecular weight excluding hydrogens is 576 g/mol. The highest BCUT2D eigenvalue weighted by Crippen LogP contribution is 2.38. The molecule has 3 aromatic rings. The lowest BCUT2D eigenvalue weighted by Gasteiger charge is -2.14. The highest BCUT2D eigenvalue weighted by atomic mass is 32.2. The quantitative estimate of drug-likeness (QED) is 0.137. The minimum Gasteiger partial charge on any atom is -0.330 e. The van der Waals surface area contributed by atoms with Crippen molar-refractivity contribution in [3.63, 3.8) is 0 Å². The molecule has 40 heavy (non-hydrogen) atoms. The highest BCUT2D eigenvalue weighted by Gasteiger charge is 2.35. The smallest absolute Gasteiger partial charge is 0.330 e. The van der Waals surface area contributed by atoms with Crippen LogP contribution < -0.4 is 5.73 Å². The number of ketones is 2. The van der Waals surface area contributed by atoms with Gasteiger partial charge in [-0.25, -0.2) is 9.97 Å². The second kappa shape index (κ2) is 13.6. The standard InChI is InChI=1S/C27H25F6N3O2S2/c1-2-8-39-24-5-3-16(10-18(24)26(28,29)30)12-22(37)20-14-21(36-15-35-20)23(38)13-17-4-6-25(40-9-7-34)19(11-17)27(31,32)33/h3-6,10-11,14-15H,2,7-9,12-13,34H2,1H3. The maximum Gasteiger partial charge on any atom is 0.417 e. The molecule has 0 radical (unpaired) electrons. The zero-order chi connectivity index (χ0) is 29.5. The maximum absolute atomic E-state index is 13.6. The second-order valence-electron chi connectivity index (χ2n) is 8.63. The zero-order valence-corrected chi connectivity index (χ0v) is 22.9. The van der Waals surface area contributed by atoms with Crippen LogP contribution in [0.1, 0.15) is 56.6 Å². The lowest BCUT2D eigenvalue weighted by atomic mass is 10.0. The number of Topliss-reactive ketones (excluding diaryl/α,β-unsaturated/α-hetero) is 2. The molecule has 0 aliphatic rings. The van der Waals surface area contributed by atoms with E-state index in [-0.39, 0.29) is 38.9 Å². The number of carbonyl (C=O) groups is 2. The number of carbonyl (C=O) groups excluding carboxylic acids is 2. The predicted octanol–water partition coefficient (Wildman–Crippen LogP) is 6.92. The summed E-state index contributed by atoms with van der Waals surface area (Å²) in [6.45, 7) is 2.05. The van der Waals surface area contributed by atoms with Crippen molar-refractivity contribution in [2.75, 3.05) is 18.1 Å². The van der Waals surface area contributed by atoms with E-state index in [4.69, 9.17) is 5.73 Å². The second-order valence-corrected chi connectivity index (χ2v) is 10.9. The Labute approximate surface area is 235 Å². The van der Waals surface area contributed by atoms with Crippen LogP contribution in [0, 0.1) is 0 Å². The van der Waals surface area contributed by atoms with Crippen LogP contribution in [0.5, 0.6) is 0 Å². The molecular formula is C27H25F6N3O2S2. The molecule has 0 spiro atoms. The molecule has 0 atom stereocenters. The number of benzene rings is 2. The van der Waals surface area contributed by atoms with E-state index in [9.17, 15) is 35.9 Å². The van der Waals surface area contributed by atoms with Crippen molar-refractivity contribution in [2.45, 2.75) is 48.3 Å². The van der Waals surface area contributed by atoms with Gasteiger partial charge in [-0.1, -0.05) is 19.1 Å². The first kappa shape index (κ1) is 31.6. The van der Waals surface area contributed by atoms with Crippen molar-refractivity contribution in [1.29, 1.82) is 0 Å². The average molecular weight is 602 g/mol. The third-order valence-electron chi connectivity index (χ3n) is 5.50. The molecule has 3 rings (SSSR count). The normalized spacial score (nSPS) is 12.0. The van der Waals surface area contributed by atoms with Crippen LogP contribution in [0.3, 0.4) is 0 Å². The Bertz CT molecular complexity index is 1260. The van der Waals surface area contributed by atoms with Gasteiger partial charge in [0.15, 0.2) is 11.6 Å². The highest BCUT2D eigenvalue weighted by molar-refractivity contribution is 7.99. The molecule has 0 saturated heterocycles. The molecule has 13 heteroatoms. The molecule has 5 nitrogen and oxygen atoms in total. The molecule has 214 valence electrons. The molecule has 0 amide bonds. The van der Waals surface area contributed by atoms with Crippen molar-refractivity contribution in [2.24, 2.45) is 5.73 Å². The SMILES string of the molecule is CCCSc1ccc(CC(=O)c2cc(C(=O)Cc3ccc(SCCN)c(C(F)(F)F)c3)ncn2)cc1C(F)(F)F. The summed E-state index contributed by atoms with van der Waals surface area (Å²) in [6, 6.07) is 8.36. The van der Waals surface area contributed by atoms with Crippen LogP contribution in [-0.2, 0) is 25.2 Å². The fourth-order valence-corrected chi connectivity index (χ4v) is 5.41. The monoisotopic (exact) mass is 601 g/mol. The van der Waals surface area contributed by atoms with Crippen LogP contribution in [0.2, 0.25) is 0 Å². The molecule has 0 aliphatic heterocycles. The predicted molar refractivity (Wildman–Crippen MR) is 142 cm³/mol. The summed E-state index contributed by atoms with van der Waals surface area (Å²) < 4.78 is 81.4. The van der Waals surface area contributed by atoms with Crippen molar-refractivity contribution >= 4 is 35.1 Å². The molecule has 0 aliphatic carbocycles. The number of hydrogen-bond acceptors (Lipinski definition) is 7. The van der Waals surface area contributed by atoms with E-state index in [0.717, 1.165) is 48.1 Å². The third-order valence-corrected chi connectivity index (χ3v) is 7.89. The molecule has 2 N–H and O–H groups in total. The van der Waals surface area contributed by atoms with E-state index in [0.29, 0.717) is 17.9 Å². The number of alkyl halides is 6. The Morgan fingerprint density at radius 2 is 1.20 bits per heavy atom. The lowest BCUT2D eigenvalue weighted by molar-refractivity contribution is -0.140. The Kier molecular flexibility index (Phi) is 10.8. The van der Waals surface area contributed by atoms with Crippen molar-refractivity contribution in [3.8, 4) is 0 Å². The van der Waals surface area contributed by atoms with Gasteiger partial charge in [0.1, 0.15) is 17.7 Å². The number of nitrogens with zero attached hydrogens (tertiary/aromatic N) is 2. The summed E-state index contributed by atoms with van der Waals surface area (Å²) in [4.78, 5) is 33.4. The van der Waals surface area contributed by atoms with Gasteiger partial charge < -0.3 is 5.73 Å². The van der Waals surface area contributed by atoms with Gasteiger partial charge in [-0.15, -0.1) is 23.5 Å². The molecule has 1 aromatic heterocycles. The molecule has 0 unspecified atom stereocenters. The number of nitrogens with two attached hydrogens (primary N) is 1. The summed E-state index contributed by atoms with van der Waals surface area (Å²) in [5, 5.41) is 0. The zero-order valence-electron chi connectivity index (χ0n) is 21.2. The minimum atomic E-state index is -4.64. The average Bonchev–Trinajstić information content (AvgIpc) is 2.90. The third kappa shape index (κ3) is 8.55.